The second-order valence-electron chi connectivity index (χ2n) is 3.68. The molecule has 4 heteroatoms. The molecule has 0 fully saturated rings. The summed E-state index contributed by atoms with van der Waals surface area (Å²) in [6.07, 6.45) is 0.529. The third kappa shape index (κ3) is 2.77. The lowest BCUT2D eigenvalue weighted by Gasteiger charge is -2.14. The van der Waals surface area contributed by atoms with Gasteiger partial charge in [0.2, 0.25) is 0 Å². The molecule has 1 aromatic carbocycles. The van der Waals surface area contributed by atoms with Gasteiger partial charge in [0.05, 0.1) is 21.8 Å². The number of carbonyl (C=O) groups excluding carboxylic acids is 1. The number of hydrogen-bond donors (Lipinski definition) is 0. The molecule has 0 unspecified atom stereocenters. The lowest BCUT2D eigenvalue weighted by Crippen LogP contribution is -2.33. The van der Waals surface area contributed by atoms with E-state index in [9.17, 15) is 9.90 Å². The van der Waals surface area contributed by atoms with Gasteiger partial charge in [-0.2, -0.15) is 0 Å². The van der Waals surface area contributed by atoms with Gasteiger partial charge in [0.1, 0.15) is 0 Å². The van der Waals surface area contributed by atoms with Crippen LogP contribution in [0.5, 0.6) is 0 Å². The molecule has 0 N–H and O–H groups in total. The van der Waals surface area contributed by atoms with Crippen molar-refractivity contribution >= 4 is 28.6 Å². The monoisotopic (exact) mass is 246 g/mol. The minimum Gasteiger partial charge on any atom is -0.549 e. The van der Waals surface area contributed by atoms with Crippen LogP contribution in [-0.2, 0) is 4.79 Å². The SMILES string of the molecule is CC[C@H](Sc1ccc2ccccc2n1)C(=O)[O-]. The number of thioether (sulfide) groups is 1. The van der Waals surface area contributed by atoms with E-state index in [-0.39, 0.29) is 0 Å². The van der Waals surface area contributed by atoms with Crippen molar-refractivity contribution in [2.24, 2.45) is 0 Å². The van der Waals surface area contributed by atoms with Crippen molar-refractivity contribution in [3.8, 4) is 0 Å². The number of benzene rings is 1. The molecule has 0 amide bonds. The number of aromatic nitrogens is 1. The van der Waals surface area contributed by atoms with E-state index in [2.05, 4.69) is 4.98 Å². The Labute approximate surface area is 104 Å². The average Bonchev–Trinajstić information content (AvgIpc) is 2.35. The molecule has 0 saturated heterocycles. The Kier molecular flexibility index (Phi) is 3.64. The van der Waals surface area contributed by atoms with Crippen LogP contribution in [-0.4, -0.2) is 16.2 Å². The number of hydrogen-bond acceptors (Lipinski definition) is 4. The highest BCUT2D eigenvalue weighted by molar-refractivity contribution is 8.00. The van der Waals surface area contributed by atoms with Gasteiger partial charge in [-0.15, -0.1) is 0 Å². The summed E-state index contributed by atoms with van der Waals surface area (Å²) in [5.41, 5.74) is 0.880. The van der Waals surface area contributed by atoms with Gasteiger partial charge in [0.25, 0.3) is 0 Å². The smallest absolute Gasteiger partial charge is 0.0973 e. The summed E-state index contributed by atoms with van der Waals surface area (Å²) in [6, 6.07) is 11.6. The molecule has 0 radical (unpaired) electrons. The zero-order valence-electron chi connectivity index (χ0n) is 9.42. The fourth-order valence-electron chi connectivity index (χ4n) is 1.56. The fourth-order valence-corrected chi connectivity index (χ4v) is 2.41. The minimum atomic E-state index is -1.03. The van der Waals surface area contributed by atoms with E-state index in [0.29, 0.717) is 6.42 Å². The first kappa shape index (κ1) is 11.9. The number of fused-ring (bicyclic) bond motifs is 1. The Hall–Kier alpha value is -1.55. The molecule has 0 bridgehead atoms. The number of nitrogens with zero attached hydrogens (tertiary/aromatic N) is 1. The number of carboxylic acid groups (broad SMARTS) is 1. The minimum absolute atomic E-state index is 0.529. The summed E-state index contributed by atoms with van der Waals surface area (Å²) >= 11 is 1.24. The summed E-state index contributed by atoms with van der Waals surface area (Å²) in [4.78, 5) is 15.3. The third-order valence-electron chi connectivity index (χ3n) is 2.47. The number of rotatable bonds is 4. The van der Waals surface area contributed by atoms with Crippen molar-refractivity contribution in [2.75, 3.05) is 0 Å². The lowest BCUT2D eigenvalue weighted by atomic mass is 10.2. The van der Waals surface area contributed by atoms with Crippen LogP contribution >= 0.6 is 11.8 Å². The first-order chi connectivity index (χ1) is 8.20. The second-order valence-corrected chi connectivity index (χ2v) is 4.90. The van der Waals surface area contributed by atoms with Gasteiger partial charge in [-0.05, 0) is 18.6 Å². The Morgan fingerprint density at radius 2 is 2.12 bits per heavy atom. The Morgan fingerprint density at radius 3 is 2.82 bits per heavy atom. The largest absolute Gasteiger partial charge is 0.549 e. The van der Waals surface area contributed by atoms with Crippen LogP contribution in [0.25, 0.3) is 10.9 Å². The van der Waals surface area contributed by atoms with Crippen molar-refractivity contribution in [2.45, 2.75) is 23.6 Å². The summed E-state index contributed by atoms with van der Waals surface area (Å²) in [6.45, 7) is 1.83. The van der Waals surface area contributed by atoms with Crippen LogP contribution in [0.2, 0.25) is 0 Å². The Bertz CT molecular complexity index is 542. The molecular weight excluding hydrogens is 234 g/mol. The molecule has 1 heterocycles. The molecule has 3 nitrogen and oxygen atoms in total. The molecule has 0 aliphatic carbocycles. The van der Waals surface area contributed by atoms with E-state index < -0.39 is 11.2 Å². The van der Waals surface area contributed by atoms with Crippen LogP contribution in [0.3, 0.4) is 0 Å². The summed E-state index contributed by atoms with van der Waals surface area (Å²) in [5, 5.41) is 12.1. The zero-order valence-corrected chi connectivity index (χ0v) is 10.2. The summed E-state index contributed by atoms with van der Waals surface area (Å²) in [5.74, 6) is -1.03. The van der Waals surface area contributed by atoms with E-state index in [4.69, 9.17) is 0 Å². The van der Waals surface area contributed by atoms with Crippen LogP contribution in [0.1, 0.15) is 13.3 Å². The van der Waals surface area contributed by atoms with Gasteiger partial charge in [-0.3, -0.25) is 0 Å². The standard InChI is InChI=1S/C13H13NO2S/c1-2-11(13(15)16)17-12-8-7-9-5-3-4-6-10(9)14-12/h3-8,11H,2H2,1H3,(H,15,16)/p-1/t11-/m0/s1. The number of pyridine rings is 1. The van der Waals surface area contributed by atoms with Gasteiger partial charge < -0.3 is 9.90 Å². The first-order valence-corrected chi connectivity index (χ1v) is 6.32. The van der Waals surface area contributed by atoms with Crippen molar-refractivity contribution < 1.29 is 9.90 Å². The van der Waals surface area contributed by atoms with Crippen LogP contribution in [0.4, 0.5) is 0 Å². The second kappa shape index (κ2) is 5.19. The van der Waals surface area contributed by atoms with Crippen LogP contribution < -0.4 is 5.11 Å². The maximum absolute atomic E-state index is 10.8. The van der Waals surface area contributed by atoms with Gasteiger partial charge in [0.15, 0.2) is 0 Å². The van der Waals surface area contributed by atoms with Gasteiger partial charge >= 0.3 is 0 Å². The lowest BCUT2D eigenvalue weighted by molar-refractivity contribution is -0.304. The molecule has 1 aromatic heterocycles. The Morgan fingerprint density at radius 1 is 1.35 bits per heavy atom. The topological polar surface area (TPSA) is 53.0 Å². The summed E-state index contributed by atoms with van der Waals surface area (Å²) in [7, 11) is 0. The van der Waals surface area contributed by atoms with Crippen molar-refractivity contribution in [1.29, 1.82) is 0 Å². The number of carbonyl (C=O) groups is 1. The average molecular weight is 246 g/mol. The predicted molar refractivity (Wildman–Crippen MR) is 66.7 cm³/mol. The molecule has 17 heavy (non-hydrogen) atoms. The van der Waals surface area contributed by atoms with Crippen LogP contribution in [0.15, 0.2) is 41.4 Å². The molecule has 0 spiro atoms. The van der Waals surface area contributed by atoms with Gasteiger partial charge in [0, 0.05) is 5.39 Å². The molecule has 2 rings (SSSR count). The van der Waals surface area contributed by atoms with E-state index >= 15 is 0 Å². The van der Waals surface area contributed by atoms with Crippen molar-refractivity contribution in [1.82, 2.24) is 4.98 Å². The number of para-hydroxylation sites is 1. The van der Waals surface area contributed by atoms with E-state index in [1.807, 2.05) is 43.3 Å². The maximum atomic E-state index is 10.8. The fraction of sp³-hybridized carbons (Fsp3) is 0.231. The highest BCUT2D eigenvalue weighted by atomic mass is 32.2. The molecule has 0 aliphatic heterocycles. The molecule has 0 saturated carbocycles. The zero-order chi connectivity index (χ0) is 12.3. The third-order valence-corrected chi connectivity index (χ3v) is 3.75. The number of carboxylic acids is 1. The van der Waals surface area contributed by atoms with Gasteiger partial charge in [-0.25, -0.2) is 4.98 Å². The van der Waals surface area contributed by atoms with Crippen molar-refractivity contribution in [3.05, 3.63) is 36.4 Å². The molecular formula is C13H12NO2S-. The quantitative estimate of drug-likeness (QED) is 0.773. The number of aliphatic carboxylic acids is 1. The first-order valence-electron chi connectivity index (χ1n) is 5.44. The van der Waals surface area contributed by atoms with E-state index in [0.717, 1.165) is 15.9 Å². The predicted octanol–water partition coefficient (Wildman–Crippen LogP) is 1.86. The van der Waals surface area contributed by atoms with E-state index in [1.54, 1.807) is 0 Å². The molecule has 0 aliphatic rings. The van der Waals surface area contributed by atoms with Crippen LogP contribution in [0, 0.1) is 0 Å². The molecule has 2 aromatic rings. The summed E-state index contributed by atoms with van der Waals surface area (Å²) < 4.78 is 0. The normalized spacial score (nSPS) is 12.5. The van der Waals surface area contributed by atoms with Gasteiger partial charge in [-0.1, -0.05) is 43.0 Å². The van der Waals surface area contributed by atoms with Crippen molar-refractivity contribution in [3.63, 3.8) is 0 Å². The molecule has 88 valence electrons. The highest BCUT2D eigenvalue weighted by Gasteiger charge is 2.10. The molecule has 1 atom stereocenters. The Balaban J connectivity index is 2.27. The van der Waals surface area contributed by atoms with E-state index in [1.165, 1.54) is 11.8 Å². The highest BCUT2D eigenvalue weighted by Crippen LogP contribution is 2.25. The maximum Gasteiger partial charge on any atom is 0.0973 e.